The number of carbonyl (C=O) groups is 2. The van der Waals surface area contributed by atoms with E-state index in [4.69, 9.17) is 0 Å². The van der Waals surface area contributed by atoms with Crippen LogP contribution in [-0.4, -0.2) is 49.6 Å². The second-order valence-electron chi connectivity index (χ2n) is 8.28. The average Bonchev–Trinajstić information content (AvgIpc) is 2.73. The van der Waals surface area contributed by atoms with Gasteiger partial charge in [-0.25, -0.2) is 4.79 Å². The van der Waals surface area contributed by atoms with Gasteiger partial charge in [0, 0.05) is 31.7 Å². The molecule has 2 heterocycles. The van der Waals surface area contributed by atoms with E-state index >= 15 is 0 Å². The molecule has 28 heavy (non-hydrogen) atoms. The van der Waals surface area contributed by atoms with E-state index in [1.165, 1.54) is 12.8 Å². The summed E-state index contributed by atoms with van der Waals surface area (Å²) in [5.74, 6) is 1.31. The first kappa shape index (κ1) is 20.6. The number of rotatable bonds is 6. The molecule has 0 bridgehead atoms. The fourth-order valence-electron chi connectivity index (χ4n) is 4.16. The minimum atomic E-state index is -0.182. The number of anilines is 1. The van der Waals surface area contributed by atoms with Gasteiger partial charge in [0.15, 0.2) is 0 Å². The first-order valence-electron chi connectivity index (χ1n) is 10.7. The standard InChI is InChI=1S/C22H34N4O2/c1-17-4-7-20(8-5-17)25-22(28)24-15-19-3-2-14-26(16-19)21(27)9-6-18-10-12-23-13-11-18/h4-5,7-8,18-19,23H,2-3,6,9-16H2,1H3,(H2,24,25,28). The number of hydrogen-bond donors (Lipinski definition) is 3. The summed E-state index contributed by atoms with van der Waals surface area (Å²) in [6, 6.07) is 7.57. The van der Waals surface area contributed by atoms with E-state index in [2.05, 4.69) is 16.0 Å². The van der Waals surface area contributed by atoms with Crippen LogP contribution in [0.1, 0.15) is 44.1 Å². The fraction of sp³-hybridized carbons (Fsp3) is 0.636. The van der Waals surface area contributed by atoms with Crippen molar-refractivity contribution < 1.29 is 9.59 Å². The summed E-state index contributed by atoms with van der Waals surface area (Å²) in [5, 5.41) is 9.20. The maximum atomic E-state index is 12.6. The Hall–Kier alpha value is -2.08. The van der Waals surface area contributed by atoms with E-state index < -0.39 is 0 Å². The Kier molecular flexibility index (Phi) is 7.71. The molecular formula is C22H34N4O2. The number of carbonyl (C=O) groups excluding carboxylic acids is 2. The highest BCUT2D eigenvalue weighted by atomic mass is 16.2. The number of hydrogen-bond acceptors (Lipinski definition) is 3. The van der Waals surface area contributed by atoms with Gasteiger partial charge in [-0.15, -0.1) is 0 Å². The zero-order valence-corrected chi connectivity index (χ0v) is 17.0. The number of urea groups is 1. The Labute approximate surface area is 168 Å². The molecule has 6 heteroatoms. The molecule has 1 aromatic carbocycles. The van der Waals surface area contributed by atoms with Crippen molar-refractivity contribution in [2.45, 2.75) is 45.4 Å². The number of likely N-dealkylation sites (tertiary alicyclic amines) is 1. The van der Waals surface area contributed by atoms with E-state index in [-0.39, 0.29) is 11.9 Å². The molecule has 1 unspecified atom stereocenters. The molecule has 154 valence electrons. The minimum Gasteiger partial charge on any atom is -0.342 e. The number of aryl methyl sites for hydroxylation is 1. The minimum absolute atomic E-state index is 0.182. The van der Waals surface area contributed by atoms with E-state index in [0.717, 1.165) is 56.7 Å². The summed E-state index contributed by atoms with van der Waals surface area (Å²) < 4.78 is 0. The quantitative estimate of drug-likeness (QED) is 0.703. The van der Waals surface area contributed by atoms with E-state index in [1.54, 1.807) is 0 Å². The van der Waals surface area contributed by atoms with E-state index in [9.17, 15) is 9.59 Å². The normalized spacial score (nSPS) is 20.6. The summed E-state index contributed by atoms with van der Waals surface area (Å²) in [6.07, 6.45) is 6.14. The Bertz CT molecular complexity index is 640. The Morgan fingerprint density at radius 3 is 2.61 bits per heavy atom. The molecule has 3 N–H and O–H groups in total. The smallest absolute Gasteiger partial charge is 0.319 e. The summed E-state index contributed by atoms with van der Waals surface area (Å²) in [7, 11) is 0. The van der Waals surface area contributed by atoms with Crippen LogP contribution in [0.25, 0.3) is 0 Å². The highest BCUT2D eigenvalue weighted by molar-refractivity contribution is 5.89. The Morgan fingerprint density at radius 2 is 1.86 bits per heavy atom. The van der Waals surface area contributed by atoms with Crippen LogP contribution < -0.4 is 16.0 Å². The molecule has 1 atom stereocenters. The van der Waals surface area contributed by atoms with E-state index in [1.807, 2.05) is 36.1 Å². The molecule has 2 fully saturated rings. The van der Waals surface area contributed by atoms with Gasteiger partial charge < -0.3 is 20.9 Å². The molecule has 0 spiro atoms. The van der Waals surface area contributed by atoms with Crippen molar-refractivity contribution in [2.75, 3.05) is 38.0 Å². The van der Waals surface area contributed by atoms with Crippen LogP contribution in [0, 0.1) is 18.8 Å². The van der Waals surface area contributed by atoms with Crippen LogP contribution in [-0.2, 0) is 4.79 Å². The predicted molar refractivity (Wildman–Crippen MR) is 112 cm³/mol. The molecule has 3 amide bonds. The predicted octanol–water partition coefficient (Wildman–Crippen LogP) is 3.13. The lowest BCUT2D eigenvalue weighted by atomic mass is 9.92. The van der Waals surface area contributed by atoms with Gasteiger partial charge >= 0.3 is 6.03 Å². The third kappa shape index (κ3) is 6.51. The van der Waals surface area contributed by atoms with Crippen molar-refractivity contribution in [1.29, 1.82) is 0 Å². The summed E-state index contributed by atoms with van der Waals surface area (Å²) in [4.78, 5) is 26.7. The van der Waals surface area contributed by atoms with Crippen molar-refractivity contribution in [3.05, 3.63) is 29.8 Å². The van der Waals surface area contributed by atoms with Crippen LogP contribution >= 0.6 is 0 Å². The highest BCUT2D eigenvalue weighted by Crippen LogP contribution is 2.21. The lowest BCUT2D eigenvalue weighted by molar-refractivity contribution is -0.133. The number of benzene rings is 1. The second-order valence-corrected chi connectivity index (χ2v) is 8.28. The van der Waals surface area contributed by atoms with E-state index in [0.29, 0.717) is 24.8 Å². The number of nitrogens with zero attached hydrogens (tertiary/aromatic N) is 1. The monoisotopic (exact) mass is 386 g/mol. The third-order valence-corrected chi connectivity index (χ3v) is 5.96. The maximum Gasteiger partial charge on any atom is 0.319 e. The molecule has 2 aliphatic rings. The fourth-order valence-corrected chi connectivity index (χ4v) is 4.16. The topological polar surface area (TPSA) is 73.5 Å². The van der Waals surface area contributed by atoms with Gasteiger partial charge in [0.05, 0.1) is 0 Å². The second kappa shape index (κ2) is 10.5. The SMILES string of the molecule is Cc1ccc(NC(=O)NCC2CCCN(C(=O)CCC3CCNCC3)C2)cc1. The van der Waals surface area contributed by atoms with Gasteiger partial charge in [-0.1, -0.05) is 17.7 Å². The van der Waals surface area contributed by atoms with Gasteiger partial charge in [0.1, 0.15) is 0 Å². The lowest BCUT2D eigenvalue weighted by Crippen LogP contribution is -2.44. The zero-order valence-electron chi connectivity index (χ0n) is 17.0. The maximum absolute atomic E-state index is 12.6. The average molecular weight is 387 g/mol. The summed E-state index contributed by atoms with van der Waals surface area (Å²) in [5.41, 5.74) is 1.96. The molecule has 2 saturated heterocycles. The number of piperidine rings is 2. The van der Waals surface area contributed by atoms with Gasteiger partial charge in [-0.05, 0) is 76.1 Å². The van der Waals surface area contributed by atoms with Gasteiger partial charge in [0.25, 0.3) is 0 Å². The Balaban J connectivity index is 1.37. The molecule has 0 aliphatic carbocycles. The van der Waals surface area contributed by atoms with Gasteiger partial charge in [0.2, 0.25) is 5.91 Å². The number of nitrogens with one attached hydrogen (secondary N) is 3. The molecule has 6 nitrogen and oxygen atoms in total. The first-order chi connectivity index (χ1) is 13.6. The van der Waals surface area contributed by atoms with Crippen LogP contribution in [0.2, 0.25) is 0 Å². The van der Waals surface area contributed by atoms with Crippen LogP contribution in [0.3, 0.4) is 0 Å². The molecule has 3 rings (SSSR count). The molecule has 1 aromatic rings. The van der Waals surface area contributed by atoms with Crippen molar-refractivity contribution >= 4 is 17.6 Å². The van der Waals surface area contributed by atoms with Crippen molar-refractivity contribution in [1.82, 2.24) is 15.5 Å². The highest BCUT2D eigenvalue weighted by Gasteiger charge is 2.24. The molecule has 0 radical (unpaired) electrons. The largest absolute Gasteiger partial charge is 0.342 e. The molecule has 0 aromatic heterocycles. The summed E-state index contributed by atoms with van der Waals surface area (Å²) in [6.45, 7) is 6.41. The zero-order chi connectivity index (χ0) is 19.8. The summed E-state index contributed by atoms with van der Waals surface area (Å²) >= 11 is 0. The van der Waals surface area contributed by atoms with Crippen molar-refractivity contribution in [3.8, 4) is 0 Å². The van der Waals surface area contributed by atoms with Crippen LogP contribution in [0.4, 0.5) is 10.5 Å². The van der Waals surface area contributed by atoms with Gasteiger partial charge in [-0.3, -0.25) is 4.79 Å². The molecule has 0 saturated carbocycles. The molecule has 2 aliphatic heterocycles. The molecular weight excluding hydrogens is 352 g/mol. The first-order valence-corrected chi connectivity index (χ1v) is 10.7. The van der Waals surface area contributed by atoms with Crippen molar-refractivity contribution in [3.63, 3.8) is 0 Å². The van der Waals surface area contributed by atoms with Crippen LogP contribution in [0.5, 0.6) is 0 Å². The van der Waals surface area contributed by atoms with Gasteiger partial charge in [-0.2, -0.15) is 0 Å². The third-order valence-electron chi connectivity index (χ3n) is 5.96. The van der Waals surface area contributed by atoms with Crippen molar-refractivity contribution in [2.24, 2.45) is 11.8 Å². The number of amides is 3. The Morgan fingerprint density at radius 1 is 1.11 bits per heavy atom. The van der Waals surface area contributed by atoms with Crippen LogP contribution in [0.15, 0.2) is 24.3 Å². The lowest BCUT2D eigenvalue weighted by Gasteiger charge is -2.33.